The number of carbonyl (C=O) groups is 3. The minimum atomic E-state index is -1.78. The Kier molecular flexibility index (Phi) is 20.5. The molecule has 4 N–H and O–H groups in total. The van der Waals surface area contributed by atoms with Crippen LogP contribution in [0.25, 0.3) is 5.00 Å². The molecule has 2 aromatic heterocycles. The number of nitriles is 1. The number of thiophene rings is 1. The number of anilines is 1. The Morgan fingerprint density at radius 1 is 0.863 bits per heavy atom. The summed E-state index contributed by atoms with van der Waals surface area (Å²) in [6.07, 6.45) is 2.74. The molecule has 2 aliphatic rings. The fourth-order valence-electron chi connectivity index (χ4n) is 10.3. The lowest BCUT2D eigenvalue weighted by Gasteiger charge is -2.35. The van der Waals surface area contributed by atoms with Gasteiger partial charge in [-0.3, -0.25) is 23.9 Å². The van der Waals surface area contributed by atoms with E-state index in [9.17, 15) is 19.6 Å². The fourth-order valence-corrected chi connectivity index (χ4v) is 12.0. The lowest BCUT2D eigenvalue weighted by molar-refractivity contribution is -0.121. The van der Waals surface area contributed by atoms with Crippen LogP contribution in [0.4, 0.5) is 14.5 Å². The third kappa shape index (κ3) is 13.2. The molecule has 2 aliphatic heterocycles. The maximum atomic E-state index is 16.1. The van der Waals surface area contributed by atoms with Gasteiger partial charge in [0.15, 0.2) is 5.82 Å². The van der Waals surface area contributed by atoms with Gasteiger partial charge in [-0.25, -0.2) is 8.78 Å². The molecule has 16 nitrogen and oxygen atoms in total. The molecule has 22 heteroatoms. The Balaban J connectivity index is 0.772. The molecule has 0 aliphatic carbocycles. The molecule has 0 spiro atoms. The number of rotatable bonds is 25. The molecule has 8 rings (SSSR count). The minimum Gasteiger partial charge on any atom is -0.495 e. The topological polar surface area (TPSA) is 203 Å². The normalized spacial score (nSPS) is 18.4. The highest BCUT2D eigenvalue weighted by Gasteiger charge is 2.60. The smallest absolute Gasteiger partial charge is 0.251 e. The largest absolute Gasteiger partial charge is 0.495 e. The van der Waals surface area contributed by atoms with E-state index in [1.54, 1.807) is 11.3 Å². The van der Waals surface area contributed by atoms with Crippen molar-refractivity contribution in [3.8, 4) is 16.8 Å². The Labute approximate surface area is 482 Å². The number of aromatic nitrogens is 3. The number of hydrogen-bond donors (Lipinski definition) is 4. The van der Waals surface area contributed by atoms with Crippen LogP contribution in [0.15, 0.2) is 83.9 Å². The number of nitrogens with one attached hydrogen (secondary N) is 4. The van der Waals surface area contributed by atoms with E-state index in [2.05, 4.69) is 51.4 Å². The van der Waals surface area contributed by atoms with E-state index < -0.39 is 52.9 Å². The van der Waals surface area contributed by atoms with Crippen molar-refractivity contribution in [2.45, 2.75) is 89.3 Å². The van der Waals surface area contributed by atoms with Crippen molar-refractivity contribution >= 4 is 75.3 Å². The molecule has 80 heavy (non-hydrogen) atoms. The summed E-state index contributed by atoms with van der Waals surface area (Å²) in [4.78, 5) is 47.3. The number of halogens is 5. The average molecular weight is 1170 g/mol. The average Bonchev–Trinajstić information content (AvgIpc) is 4.06. The minimum absolute atomic E-state index is 0.0293. The van der Waals surface area contributed by atoms with Crippen LogP contribution in [-0.4, -0.2) is 110 Å². The molecular formula is C58H62Cl3F2N9O7S. The highest BCUT2D eigenvalue weighted by molar-refractivity contribution is 7.15. The number of unbranched alkanes of at least 4 members (excludes halogenated alkanes) is 2. The molecule has 4 heterocycles. The first-order valence-corrected chi connectivity index (χ1v) is 28.3. The predicted molar refractivity (Wildman–Crippen MR) is 305 cm³/mol. The van der Waals surface area contributed by atoms with Crippen LogP contribution in [0.1, 0.15) is 106 Å². The fraction of sp³-hybridized carbons (Fsp3) is 0.397. The molecule has 1 fully saturated rings. The van der Waals surface area contributed by atoms with Gasteiger partial charge < -0.3 is 40.2 Å². The number of fused-ring (bicyclic) bond motifs is 3. The van der Waals surface area contributed by atoms with Gasteiger partial charge in [0.1, 0.15) is 39.7 Å². The predicted octanol–water partition coefficient (Wildman–Crippen LogP) is 10.5. The summed E-state index contributed by atoms with van der Waals surface area (Å²) < 4.78 is 56.8. The number of amides is 3. The van der Waals surface area contributed by atoms with Crippen molar-refractivity contribution in [1.29, 1.82) is 5.26 Å². The summed E-state index contributed by atoms with van der Waals surface area (Å²) in [5.41, 5.74) is 2.35. The van der Waals surface area contributed by atoms with E-state index in [4.69, 9.17) is 58.7 Å². The zero-order valence-electron chi connectivity index (χ0n) is 44.9. The van der Waals surface area contributed by atoms with Crippen molar-refractivity contribution < 1.29 is 42.1 Å². The summed E-state index contributed by atoms with van der Waals surface area (Å²) in [5.74, 6) is -2.68. The van der Waals surface area contributed by atoms with Gasteiger partial charge in [-0.2, -0.15) is 5.26 Å². The number of carbonyl (C=O) groups excluding carboxylic acids is 3. The van der Waals surface area contributed by atoms with Gasteiger partial charge in [-0.15, -0.1) is 21.5 Å². The summed E-state index contributed by atoms with van der Waals surface area (Å²) >= 11 is 20.3. The Bertz CT molecular complexity index is 3280. The molecule has 4 aromatic carbocycles. The van der Waals surface area contributed by atoms with Crippen molar-refractivity contribution in [3.63, 3.8) is 0 Å². The summed E-state index contributed by atoms with van der Waals surface area (Å²) in [5, 5.41) is 33.3. The second-order valence-corrected chi connectivity index (χ2v) is 21.9. The van der Waals surface area contributed by atoms with E-state index in [1.807, 2.05) is 42.7 Å². The van der Waals surface area contributed by atoms with E-state index >= 15 is 8.78 Å². The lowest BCUT2D eigenvalue weighted by Crippen LogP contribution is -2.42. The van der Waals surface area contributed by atoms with Crippen molar-refractivity contribution in [2.24, 2.45) is 4.99 Å². The van der Waals surface area contributed by atoms with Gasteiger partial charge >= 0.3 is 0 Å². The first-order valence-electron chi connectivity index (χ1n) is 26.3. The second kappa shape index (κ2) is 27.4. The van der Waals surface area contributed by atoms with Crippen LogP contribution in [0, 0.1) is 43.7 Å². The van der Waals surface area contributed by atoms with E-state index in [1.165, 1.54) is 55.6 Å². The van der Waals surface area contributed by atoms with E-state index in [-0.39, 0.29) is 90.0 Å². The molecule has 0 saturated carbocycles. The lowest BCUT2D eigenvalue weighted by atomic mass is 9.64. The van der Waals surface area contributed by atoms with E-state index in [0.717, 1.165) is 51.2 Å². The molecule has 3 amide bonds. The Morgan fingerprint density at radius 2 is 1.56 bits per heavy atom. The second-order valence-electron chi connectivity index (χ2n) is 19.4. The van der Waals surface area contributed by atoms with Crippen LogP contribution in [0.2, 0.25) is 15.1 Å². The number of hydrogen-bond acceptors (Lipinski definition) is 13. The van der Waals surface area contributed by atoms with Crippen LogP contribution >= 0.6 is 46.1 Å². The number of nitrogens with zero attached hydrogens (tertiary/aromatic N) is 5. The number of aliphatic imine (C=N–C) groups is 1. The highest BCUT2D eigenvalue weighted by atomic mass is 35.5. The van der Waals surface area contributed by atoms with Crippen LogP contribution in [-0.2, 0) is 29.2 Å². The van der Waals surface area contributed by atoms with Gasteiger partial charge in [0.2, 0.25) is 11.8 Å². The van der Waals surface area contributed by atoms with Crippen LogP contribution in [0.3, 0.4) is 0 Å². The Morgan fingerprint density at radius 3 is 2.25 bits per heavy atom. The van der Waals surface area contributed by atoms with Gasteiger partial charge in [0.25, 0.3) is 5.91 Å². The van der Waals surface area contributed by atoms with Gasteiger partial charge in [-0.05, 0) is 86.8 Å². The first kappa shape index (κ1) is 59.8. The van der Waals surface area contributed by atoms with Gasteiger partial charge in [0, 0.05) is 62.2 Å². The SMILES string of the molecule is CCCCC[C@@H]1N[C@H](C(=O)Nc2ccc(C(=O)NCCOCCOCCOCCNC(=O)C[C@@H]3N=C(c4ccc(Cl)cc4)c4c(sc(C)c4C)-n4c(C)nnc43)cc2OC)[C@H](c2cccc(Cl)c2F)[C@@]1(C#N)c1ccc(Cl)cc1F. The molecule has 0 unspecified atom stereocenters. The third-order valence-electron chi connectivity index (χ3n) is 14.3. The monoisotopic (exact) mass is 1170 g/mol. The summed E-state index contributed by atoms with van der Waals surface area (Å²) in [7, 11) is 1.38. The molecule has 5 atom stereocenters. The van der Waals surface area contributed by atoms with Crippen molar-refractivity contribution in [3.05, 3.63) is 155 Å². The molecule has 0 bridgehead atoms. The van der Waals surface area contributed by atoms with Crippen LogP contribution in [0.5, 0.6) is 5.75 Å². The van der Waals surface area contributed by atoms with Crippen molar-refractivity contribution in [2.75, 3.05) is 65.2 Å². The van der Waals surface area contributed by atoms with Crippen LogP contribution < -0.4 is 26.0 Å². The van der Waals surface area contributed by atoms with E-state index in [0.29, 0.717) is 42.7 Å². The number of methoxy groups -OCH3 is 1. The zero-order valence-corrected chi connectivity index (χ0v) is 48.0. The van der Waals surface area contributed by atoms with Crippen molar-refractivity contribution in [1.82, 2.24) is 30.7 Å². The standard InChI is InChI=1S/C58H62Cl3F2N9O7S/c1-6-7-8-12-47-58(32-64,41-19-18-39(60)30-43(41)62)50(40-10-9-11-42(61)51(40)63)53(69-47)56(75)68-44-20-15-37(29-46(44)76-5)55(74)66-22-24-78-26-28-79-27-25-77-23-21-65-48(73)31-45-54-71-70-35(4)72(54)57-49(33(2)34(3)80-57)52(67-45)36-13-16-38(59)17-14-36/h9-11,13-20,29-30,45,47,50,53,69H,6-8,12,21-28,31H2,1-5H3,(H,65,73)(H,66,74)(H,68,75)/t45-,47-,50-,53-,58-/m0/s1. The molecule has 6 aromatic rings. The van der Waals surface area contributed by atoms with Gasteiger partial charge in [0.05, 0.1) is 81.7 Å². The molecule has 1 saturated heterocycles. The number of ether oxygens (including phenoxy) is 4. The summed E-state index contributed by atoms with van der Waals surface area (Å²) in [6.45, 7) is 10.2. The zero-order chi connectivity index (χ0) is 57.1. The third-order valence-corrected chi connectivity index (χ3v) is 16.3. The maximum absolute atomic E-state index is 16.1. The summed E-state index contributed by atoms with van der Waals surface area (Å²) in [6, 6.07) is 20.0. The molecular weight excluding hydrogens is 1110 g/mol. The molecule has 0 radical (unpaired) electrons. The molecule has 422 valence electrons. The number of benzene rings is 4. The first-order chi connectivity index (χ1) is 38.6. The van der Waals surface area contributed by atoms with Gasteiger partial charge in [-0.1, -0.05) is 91.3 Å². The maximum Gasteiger partial charge on any atom is 0.251 e. The quantitative estimate of drug-likeness (QED) is 0.0397. The number of aryl methyl sites for hydroxylation is 2. The highest BCUT2D eigenvalue weighted by Crippen LogP contribution is 2.52. The Hall–Kier alpha value is -6.34.